The van der Waals surface area contributed by atoms with Gasteiger partial charge in [-0.25, -0.2) is 0 Å². The van der Waals surface area contributed by atoms with Crippen LogP contribution in [0.15, 0.2) is 34.1 Å². The Balaban J connectivity index is 2.14. The molecule has 2 rings (SSSR count). The van der Waals surface area contributed by atoms with Crippen molar-refractivity contribution < 1.29 is 4.79 Å². The Morgan fingerprint density at radius 2 is 1.88 bits per heavy atom. The minimum atomic E-state index is 0.0601. The van der Waals surface area contributed by atoms with Gasteiger partial charge in [0.1, 0.15) is 0 Å². The molecule has 0 unspecified atom stereocenters. The molecule has 0 saturated heterocycles. The van der Waals surface area contributed by atoms with Crippen LogP contribution in [0, 0.1) is 0 Å². The zero-order valence-corrected chi connectivity index (χ0v) is 12.5. The van der Waals surface area contributed by atoms with E-state index >= 15 is 0 Å². The van der Waals surface area contributed by atoms with Gasteiger partial charge < -0.3 is 0 Å². The third-order valence-electron chi connectivity index (χ3n) is 2.20. The van der Waals surface area contributed by atoms with E-state index in [0.717, 1.165) is 9.35 Å². The maximum atomic E-state index is 12.0. The summed E-state index contributed by atoms with van der Waals surface area (Å²) in [6, 6.07) is 8.95. The van der Waals surface area contributed by atoms with Crippen LogP contribution in [0.5, 0.6) is 0 Å². The molecule has 0 radical (unpaired) electrons. The van der Waals surface area contributed by atoms with Crippen LogP contribution in [0.4, 0.5) is 0 Å². The van der Waals surface area contributed by atoms with E-state index in [1.165, 1.54) is 11.3 Å². The molecule has 2 aromatic rings. The molecule has 1 aromatic heterocycles. The van der Waals surface area contributed by atoms with Gasteiger partial charge in [-0.2, -0.15) is 0 Å². The summed E-state index contributed by atoms with van der Waals surface area (Å²) in [5.74, 6) is 0.0601. The van der Waals surface area contributed by atoms with Gasteiger partial charge in [0.2, 0.25) is 0 Å². The fourth-order valence-electron chi connectivity index (χ4n) is 1.36. The van der Waals surface area contributed by atoms with E-state index in [1.54, 1.807) is 18.2 Å². The minimum Gasteiger partial charge on any atom is -0.293 e. The smallest absolute Gasteiger partial charge is 0.177 e. The molecule has 5 heteroatoms. The molecular weight excluding hydrogens is 343 g/mol. The highest BCUT2D eigenvalue weighted by Gasteiger charge is 2.12. The summed E-state index contributed by atoms with van der Waals surface area (Å²) in [5, 5.41) is 1.25. The zero-order chi connectivity index (χ0) is 12.4. The summed E-state index contributed by atoms with van der Waals surface area (Å²) in [7, 11) is 0. The second-order valence-electron chi connectivity index (χ2n) is 3.46. The predicted octanol–water partition coefficient (Wildman–Crippen LogP) is 5.24. The van der Waals surface area contributed by atoms with Gasteiger partial charge in [-0.05, 0) is 39.7 Å². The Morgan fingerprint density at radius 3 is 2.41 bits per heavy atom. The van der Waals surface area contributed by atoms with Crippen molar-refractivity contribution >= 4 is 56.3 Å². The number of carbonyl (C=O) groups is 1. The first-order chi connectivity index (χ1) is 8.06. The van der Waals surface area contributed by atoms with Gasteiger partial charge in [-0.3, -0.25) is 4.79 Å². The van der Waals surface area contributed by atoms with Gasteiger partial charge in [0, 0.05) is 11.4 Å². The van der Waals surface area contributed by atoms with Crippen LogP contribution in [-0.2, 0) is 6.42 Å². The monoisotopic (exact) mass is 348 g/mol. The first-order valence-electron chi connectivity index (χ1n) is 4.79. The molecule has 0 N–H and O–H groups in total. The number of hydrogen-bond acceptors (Lipinski definition) is 2. The Hall–Kier alpha value is -0.350. The number of carbonyl (C=O) groups excluding carboxylic acids is 1. The molecule has 0 aliphatic carbocycles. The number of benzene rings is 1. The van der Waals surface area contributed by atoms with Crippen LogP contribution in [0.2, 0.25) is 10.0 Å². The highest BCUT2D eigenvalue weighted by Crippen LogP contribution is 2.32. The van der Waals surface area contributed by atoms with Gasteiger partial charge >= 0.3 is 0 Å². The topological polar surface area (TPSA) is 17.1 Å². The second kappa shape index (κ2) is 5.53. The van der Waals surface area contributed by atoms with Crippen molar-refractivity contribution in [2.75, 3.05) is 0 Å². The number of halogens is 3. The lowest BCUT2D eigenvalue weighted by Gasteiger charge is -1.99. The van der Waals surface area contributed by atoms with Crippen molar-refractivity contribution in [3.8, 4) is 0 Å². The SMILES string of the molecule is O=C(Cc1ccc(Cl)cc1)c1cc(Cl)c(Br)s1. The van der Waals surface area contributed by atoms with Gasteiger partial charge in [-0.1, -0.05) is 35.3 Å². The minimum absolute atomic E-state index is 0.0601. The van der Waals surface area contributed by atoms with Gasteiger partial charge in [-0.15, -0.1) is 11.3 Å². The Kier molecular flexibility index (Phi) is 4.26. The molecule has 1 heterocycles. The average molecular weight is 350 g/mol. The molecule has 1 aromatic carbocycles. The Labute approximate surface area is 121 Å². The van der Waals surface area contributed by atoms with Crippen molar-refractivity contribution in [2.45, 2.75) is 6.42 Å². The standard InChI is InChI=1S/C12H7BrCl2OS/c13-12-9(15)6-11(17-12)10(16)5-7-1-3-8(14)4-2-7/h1-4,6H,5H2. The van der Waals surface area contributed by atoms with Crippen molar-refractivity contribution in [2.24, 2.45) is 0 Å². The maximum Gasteiger partial charge on any atom is 0.177 e. The number of hydrogen-bond donors (Lipinski definition) is 0. The summed E-state index contributed by atoms with van der Waals surface area (Å²) < 4.78 is 0.790. The van der Waals surface area contributed by atoms with E-state index in [9.17, 15) is 4.79 Å². The fraction of sp³-hybridized carbons (Fsp3) is 0.0833. The fourth-order valence-corrected chi connectivity index (χ4v) is 3.12. The molecule has 1 nitrogen and oxygen atoms in total. The van der Waals surface area contributed by atoms with Crippen molar-refractivity contribution in [1.82, 2.24) is 0 Å². The molecule has 0 amide bonds. The summed E-state index contributed by atoms with van der Waals surface area (Å²) in [4.78, 5) is 12.6. The third kappa shape index (κ3) is 3.32. The van der Waals surface area contributed by atoms with Crippen LogP contribution >= 0.6 is 50.5 Å². The van der Waals surface area contributed by atoms with E-state index in [4.69, 9.17) is 23.2 Å². The molecule has 0 bridgehead atoms. The summed E-state index contributed by atoms with van der Waals surface area (Å²) >= 11 is 16.3. The van der Waals surface area contributed by atoms with E-state index in [0.29, 0.717) is 21.3 Å². The summed E-state index contributed by atoms with van der Waals surface area (Å²) in [5.41, 5.74) is 0.944. The third-order valence-corrected chi connectivity index (χ3v) is 4.97. The Morgan fingerprint density at radius 1 is 1.24 bits per heavy atom. The van der Waals surface area contributed by atoms with Crippen molar-refractivity contribution in [3.63, 3.8) is 0 Å². The van der Waals surface area contributed by atoms with E-state index in [2.05, 4.69) is 15.9 Å². The van der Waals surface area contributed by atoms with Crippen molar-refractivity contribution in [1.29, 1.82) is 0 Å². The first-order valence-corrected chi connectivity index (χ1v) is 7.15. The molecule has 0 atom stereocenters. The van der Waals surface area contributed by atoms with Gasteiger partial charge in [0.25, 0.3) is 0 Å². The van der Waals surface area contributed by atoms with E-state index in [-0.39, 0.29) is 5.78 Å². The van der Waals surface area contributed by atoms with Gasteiger partial charge in [0.15, 0.2) is 5.78 Å². The highest BCUT2D eigenvalue weighted by atomic mass is 79.9. The van der Waals surface area contributed by atoms with Crippen LogP contribution in [0.1, 0.15) is 15.2 Å². The number of Topliss-reactive ketones (excluding diaryl/α,β-unsaturated/α-hetero) is 1. The maximum absolute atomic E-state index is 12.0. The van der Waals surface area contributed by atoms with E-state index in [1.807, 2.05) is 12.1 Å². The largest absolute Gasteiger partial charge is 0.293 e. The number of rotatable bonds is 3. The first kappa shape index (κ1) is 13.1. The predicted molar refractivity (Wildman–Crippen MR) is 76.5 cm³/mol. The number of thiophene rings is 1. The molecule has 0 saturated carbocycles. The number of ketones is 1. The van der Waals surface area contributed by atoms with Gasteiger partial charge in [0.05, 0.1) is 13.7 Å². The van der Waals surface area contributed by atoms with E-state index < -0.39 is 0 Å². The summed E-state index contributed by atoms with van der Waals surface area (Å²) in [6.45, 7) is 0. The van der Waals surface area contributed by atoms with Crippen LogP contribution in [0.25, 0.3) is 0 Å². The lowest BCUT2D eigenvalue weighted by molar-refractivity contribution is 0.0997. The Bertz CT molecular complexity index is 529. The van der Waals surface area contributed by atoms with Crippen LogP contribution < -0.4 is 0 Å². The molecule has 0 aliphatic heterocycles. The quantitative estimate of drug-likeness (QED) is 0.692. The summed E-state index contributed by atoms with van der Waals surface area (Å²) in [6.07, 6.45) is 0.362. The van der Waals surface area contributed by atoms with Crippen LogP contribution in [0.3, 0.4) is 0 Å². The lowest BCUT2D eigenvalue weighted by Crippen LogP contribution is -2.00. The van der Waals surface area contributed by atoms with Crippen molar-refractivity contribution in [3.05, 3.63) is 54.6 Å². The molecular formula is C12H7BrCl2OS. The molecule has 0 spiro atoms. The molecule has 17 heavy (non-hydrogen) atoms. The molecule has 0 aliphatic rings. The highest BCUT2D eigenvalue weighted by molar-refractivity contribution is 9.11. The lowest BCUT2D eigenvalue weighted by atomic mass is 10.1. The second-order valence-corrected chi connectivity index (χ2v) is 6.67. The zero-order valence-electron chi connectivity index (χ0n) is 8.54. The van der Waals surface area contributed by atoms with Crippen LogP contribution in [-0.4, -0.2) is 5.78 Å². The molecule has 88 valence electrons. The average Bonchev–Trinajstić information content (AvgIpc) is 2.63. The molecule has 0 fully saturated rings. The normalized spacial score (nSPS) is 10.5.